The van der Waals surface area contributed by atoms with Crippen LogP contribution in [0.5, 0.6) is 11.5 Å². The Labute approximate surface area is 159 Å². The van der Waals surface area contributed by atoms with Crippen LogP contribution < -0.4 is 14.8 Å². The van der Waals surface area contributed by atoms with Crippen molar-refractivity contribution in [2.45, 2.75) is 26.7 Å². The van der Waals surface area contributed by atoms with Crippen molar-refractivity contribution < 1.29 is 23.8 Å². The van der Waals surface area contributed by atoms with Gasteiger partial charge < -0.3 is 19.5 Å². The summed E-state index contributed by atoms with van der Waals surface area (Å²) < 4.78 is 15.6. The molecule has 0 aromatic heterocycles. The minimum absolute atomic E-state index is 0.187. The summed E-state index contributed by atoms with van der Waals surface area (Å²) in [5.74, 6) is 0.677. The molecule has 6 heteroatoms. The van der Waals surface area contributed by atoms with E-state index in [1.807, 2.05) is 32.0 Å². The van der Waals surface area contributed by atoms with E-state index >= 15 is 0 Å². The first-order chi connectivity index (χ1) is 13.0. The van der Waals surface area contributed by atoms with E-state index in [1.54, 1.807) is 31.4 Å². The maximum absolute atomic E-state index is 11.9. The lowest BCUT2D eigenvalue weighted by Gasteiger charge is -2.10. The average Bonchev–Trinajstić information content (AvgIpc) is 2.66. The molecule has 1 N–H and O–H groups in total. The van der Waals surface area contributed by atoms with Gasteiger partial charge in [0.1, 0.15) is 11.5 Å². The Morgan fingerprint density at radius 2 is 1.70 bits per heavy atom. The fraction of sp³-hybridized carbons (Fsp3) is 0.333. The number of aryl methyl sites for hydroxylation is 2. The predicted molar refractivity (Wildman–Crippen MR) is 103 cm³/mol. The van der Waals surface area contributed by atoms with Gasteiger partial charge in [-0.1, -0.05) is 17.7 Å². The molecule has 2 rings (SSSR count). The maximum Gasteiger partial charge on any atom is 0.306 e. The quantitative estimate of drug-likeness (QED) is 0.538. The first kappa shape index (κ1) is 20.3. The van der Waals surface area contributed by atoms with Gasteiger partial charge in [0.25, 0.3) is 5.91 Å². The lowest BCUT2D eigenvalue weighted by Crippen LogP contribution is -2.21. The summed E-state index contributed by atoms with van der Waals surface area (Å²) in [6, 6.07) is 12.9. The molecule has 0 fully saturated rings. The van der Waals surface area contributed by atoms with E-state index in [2.05, 4.69) is 5.32 Å². The molecule has 2 aromatic rings. The molecule has 0 heterocycles. The molecule has 0 spiro atoms. The molecule has 0 atom stereocenters. The van der Waals surface area contributed by atoms with Crippen molar-refractivity contribution in [2.75, 3.05) is 25.6 Å². The monoisotopic (exact) mass is 371 g/mol. The molecular formula is C21H25NO5. The Kier molecular flexibility index (Phi) is 7.67. The number of benzene rings is 2. The van der Waals surface area contributed by atoms with Gasteiger partial charge in [-0.05, 0) is 56.2 Å². The van der Waals surface area contributed by atoms with Crippen LogP contribution in [0.15, 0.2) is 42.5 Å². The average molecular weight is 371 g/mol. The topological polar surface area (TPSA) is 73.9 Å². The summed E-state index contributed by atoms with van der Waals surface area (Å²) in [6.45, 7) is 3.98. The predicted octanol–water partition coefficient (Wildman–Crippen LogP) is 3.65. The number of esters is 1. The third-order valence-electron chi connectivity index (χ3n) is 3.87. The van der Waals surface area contributed by atoms with Gasteiger partial charge in [0.2, 0.25) is 0 Å². The largest absolute Gasteiger partial charge is 0.497 e. The lowest BCUT2D eigenvalue weighted by molar-refractivity contribution is -0.147. The zero-order chi connectivity index (χ0) is 19.6. The molecule has 0 saturated carbocycles. The molecule has 0 aliphatic heterocycles. The van der Waals surface area contributed by atoms with Crippen molar-refractivity contribution in [3.8, 4) is 11.5 Å². The Balaban J connectivity index is 1.63. The summed E-state index contributed by atoms with van der Waals surface area (Å²) in [5.41, 5.74) is 2.80. The number of amides is 1. The Morgan fingerprint density at radius 3 is 2.37 bits per heavy atom. The molecule has 0 bridgehead atoms. The fourth-order valence-electron chi connectivity index (χ4n) is 2.44. The van der Waals surface area contributed by atoms with Crippen LogP contribution in [0.4, 0.5) is 5.69 Å². The highest BCUT2D eigenvalue weighted by Gasteiger charge is 2.09. The van der Waals surface area contributed by atoms with Gasteiger partial charge in [-0.3, -0.25) is 9.59 Å². The van der Waals surface area contributed by atoms with Crippen LogP contribution in [0.1, 0.15) is 24.0 Å². The number of anilines is 1. The van der Waals surface area contributed by atoms with Crippen molar-refractivity contribution in [3.63, 3.8) is 0 Å². The number of rotatable bonds is 9. The second-order valence-electron chi connectivity index (χ2n) is 6.15. The number of methoxy groups -OCH3 is 1. The molecule has 1 amide bonds. The lowest BCUT2D eigenvalue weighted by atomic mass is 10.1. The second-order valence-corrected chi connectivity index (χ2v) is 6.15. The highest BCUT2D eigenvalue weighted by molar-refractivity contribution is 5.93. The SMILES string of the molecule is COc1ccc(OCCCC(=O)OCC(=O)Nc2ccc(C)cc2C)cc1. The molecule has 0 aliphatic carbocycles. The summed E-state index contributed by atoms with van der Waals surface area (Å²) >= 11 is 0. The van der Waals surface area contributed by atoms with Gasteiger partial charge in [0.05, 0.1) is 13.7 Å². The van der Waals surface area contributed by atoms with Gasteiger partial charge in [0.15, 0.2) is 6.61 Å². The highest BCUT2D eigenvalue weighted by atomic mass is 16.5. The first-order valence-electron chi connectivity index (χ1n) is 8.77. The first-order valence-corrected chi connectivity index (χ1v) is 8.77. The number of nitrogens with one attached hydrogen (secondary N) is 1. The van der Waals surface area contributed by atoms with Crippen molar-refractivity contribution >= 4 is 17.6 Å². The third kappa shape index (κ3) is 7.01. The minimum Gasteiger partial charge on any atom is -0.497 e. The van der Waals surface area contributed by atoms with Crippen molar-refractivity contribution in [3.05, 3.63) is 53.6 Å². The molecule has 0 aliphatic rings. The standard InChI is InChI=1S/C21H25NO5/c1-15-6-11-19(16(2)13-15)22-20(23)14-27-21(24)5-4-12-26-18-9-7-17(25-3)8-10-18/h6-11,13H,4-5,12,14H2,1-3H3,(H,22,23). The van der Waals surface area contributed by atoms with Crippen LogP contribution >= 0.6 is 0 Å². The van der Waals surface area contributed by atoms with E-state index in [0.29, 0.717) is 18.8 Å². The minimum atomic E-state index is -0.427. The van der Waals surface area contributed by atoms with Crippen LogP contribution in [0.2, 0.25) is 0 Å². The number of hydrogen-bond donors (Lipinski definition) is 1. The Hall–Kier alpha value is -3.02. The Bertz CT molecular complexity index is 771. The van der Waals surface area contributed by atoms with Gasteiger partial charge >= 0.3 is 5.97 Å². The van der Waals surface area contributed by atoms with Crippen LogP contribution in [0.3, 0.4) is 0 Å². The summed E-state index contributed by atoms with van der Waals surface area (Å²) in [5, 5.41) is 2.74. The molecule has 0 radical (unpaired) electrons. The summed E-state index contributed by atoms with van der Waals surface area (Å²) in [6.07, 6.45) is 0.691. The highest BCUT2D eigenvalue weighted by Crippen LogP contribution is 2.17. The van der Waals surface area contributed by atoms with E-state index < -0.39 is 5.97 Å². The third-order valence-corrected chi connectivity index (χ3v) is 3.87. The van der Waals surface area contributed by atoms with Gasteiger partial charge in [0, 0.05) is 12.1 Å². The van der Waals surface area contributed by atoms with Crippen LogP contribution in [0.25, 0.3) is 0 Å². The van der Waals surface area contributed by atoms with E-state index in [9.17, 15) is 9.59 Å². The van der Waals surface area contributed by atoms with E-state index in [-0.39, 0.29) is 18.9 Å². The normalized spacial score (nSPS) is 10.2. The Morgan fingerprint density at radius 1 is 1.00 bits per heavy atom. The number of carbonyl (C=O) groups is 2. The molecule has 2 aromatic carbocycles. The fourth-order valence-corrected chi connectivity index (χ4v) is 2.44. The van der Waals surface area contributed by atoms with Crippen LogP contribution in [0, 0.1) is 13.8 Å². The number of hydrogen-bond acceptors (Lipinski definition) is 5. The zero-order valence-electron chi connectivity index (χ0n) is 15.9. The molecular weight excluding hydrogens is 346 g/mol. The van der Waals surface area contributed by atoms with E-state index in [0.717, 1.165) is 22.6 Å². The molecule has 27 heavy (non-hydrogen) atoms. The zero-order valence-corrected chi connectivity index (χ0v) is 15.9. The van der Waals surface area contributed by atoms with Crippen molar-refractivity contribution in [1.29, 1.82) is 0 Å². The van der Waals surface area contributed by atoms with Crippen molar-refractivity contribution in [1.82, 2.24) is 0 Å². The molecule has 144 valence electrons. The van der Waals surface area contributed by atoms with Gasteiger partial charge in [-0.25, -0.2) is 0 Å². The van der Waals surface area contributed by atoms with Crippen LogP contribution in [-0.2, 0) is 14.3 Å². The van der Waals surface area contributed by atoms with E-state index in [4.69, 9.17) is 14.2 Å². The number of carbonyl (C=O) groups excluding carboxylic acids is 2. The van der Waals surface area contributed by atoms with E-state index in [1.165, 1.54) is 0 Å². The van der Waals surface area contributed by atoms with Crippen molar-refractivity contribution in [2.24, 2.45) is 0 Å². The maximum atomic E-state index is 11.9. The summed E-state index contributed by atoms with van der Waals surface area (Å²) in [7, 11) is 1.60. The van der Waals surface area contributed by atoms with Gasteiger partial charge in [-0.2, -0.15) is 0 Å². The van der Waals surface area contributed by atoms with Gasteiger partial charge in [-0.15, -0.1) is 0 Å². The summed E-state index contributed by atoms with van der Waals surface area (Å²) in [4.78, 5) is 23.6. The second kappa shape index (κ2) is 10.2. The molecule has 0 unspecified atom stereocenters. The van der Waals surface area contributed by atoms with Crippen LogP contribution in [-0.4, -0.2) is 32.2 Å². The number of ether oxygens (including phenoxy) is 3. The molecule has 0 saturated heterocycles. The molecule has 6 nitrogen and oxygen atoms in total. The smallest absolute Gasteiger partial charge is 0.306 e.